The second-order valence-electron chi connectivity index (χ2n) is 5.72. The Balaban J connectivity index is 2.63. The fourth-order valence-electron chi connectivity index (χ4n) is 1.58. The third kappa shape index (κ3) is 6.32. The number of hydrogen-bond acceptors (Lipinski definition) is 3. The van der Waals surface area contributed by atoms with E-state index < -0.39 is 10.0 Å². The molecular formula is C15H23NO3S. The van der Waals surface area contributed by atoms with Crippen LogP contribution in [0.15, 0.2) is 29.7 Å². The second kappa shape index (κ2) is 7.02. The molecule has 0 aliphatic rings. The fraction of sp³-hybridized carbons (Fsp3) is 0.467. The van der Waals surface area contributed by atoms with E-state index in [4.69, 9.17) is 5.11 Å². The SMILES string of the molecule is Cc1ccc(/C=C/S(=O)(=O)NCC(C)(C)CCO)cc1. The van der Waals surface area contributed by atoms with Gasteiger partial charge in [-0.2, -0.15) is 0 Å². The Morgan fingerprint density at radius 3 is 2.40 bits per heavy atom. The Labute approximate surface area is 121 Å². The Morgan fingerprint density at radius 1 is 1.25 bits per heavy atom. The van der Waals surface area contributed by atoms with Crippen molar-refractivity contribution in [1.29, 1.82) is 0 Å². The summed E-state index contributed by atoms with van der Waals surface area (Å²) in [5, 5.41) is 10.1. The highest BCUT2D eigenvalue weighted by Gasteiger charge is 2.19. The van der Waals surface area contributed by atoms with Crippen LogP contribution in [0.2, 0.25) is 0 Å². The van der Waals surface area contributed by atoms with E-state index in [0.717, 1.165) is 11.1 Å². The molecule has 20 heavy (non-hydrogen) atoms. The minimum absolute atomic E-state index is 0.0495. The van der Waals surface area contributed by atoms with Crippen LogP contribution >= 0.6 is 0 Å². The lowest BCUT2D eigenvalue weighted by Gasteiger charge is -2.23. The Bertz CT molecular complexity index is 545. The van der Waals surface area contributed by atoms with E-state index in [-0.39, 0.29) is 12.0 Å². The molecule has 0 aromatic heterocycles. The average Bonchev–Trinajstić information content (AvgIpc) is 2.36. The van der Waals surface area contributed by atoms with Crippen LogP contribution in [0.5, 0.6) is 0 Å². The van der Waals surface area contributed by atoms with Gasteiger partial charge in [-0.1, -0.05) is 43.7 Å². The summed E-state index contributed by atoms with van der Waals surface area (Å²) in [6.45, 7) is 6.15. The first-order chi connectivity index (χ1) is 9.24. The lowest BCUT2D eigenvalue weighted by Crippen LogP contribution is -2.33. The first kappa shape index (κ1) is 16.9. The number of benzene rings is 1. The van der Waals surface area contributed by atoms with E-state index in [9.17, 15) is 8.42 Å². The van der Waals surface area contributed by atoms with Crippen molar-refractivity contribution in [2.24, 2.45) is 5.41 Å². The zero-order valence-corrected chi connectivity index (χ0v) is 13.1. The van der Waals surface area contributed by atoms with Crippen molar-refractivity contribution >= 4 is 16.1 Å². The second-order valence-corrected chi connectivity index (χ2v) is 7.37. The number of nitrogens with one attached hydrogen (secondary N) is 1. The highest BCUT2D eigenvalue weighted by Crippen LogP contribution is 2.18. The molecule has 0 aliphatic carbocycles. The largest absolute Gasteiger partial charge is 0.396 e. The number of hydrogen-bond donors (Lipinski definition) is 2. The molecule has 0 radical (unpaired) electrons. The van der Waals surface area contributed by atoms with Gasteiger partial charge in [0.2, 0.25) is 10.0 Å². The monoisotopic (exact) mass is 297 g/mol. The van der Waals surface area contributed by atoms with Crippen molar-refractivity contribution < 1.29 is 13.5 Å². The van der Waals surface area contributed by atoms with Gasteiger partial charge in [0.1, 0.15) is 0 Å². The molecule has 2 N–H and O–H groups in total. The van der Waals surface area contributed by atoms with Crippen molar-refractivity contribution in [2.45, 2.75) is 27.2 Å². The lowest BCUT2D eigenvalue weighted by atomic mass is 9.90. The highest BCUT2D eigenvalue weighted by atomic mass is 32.2. The van der Waals surface area contributed by atoms with Gasteiger partial charge in [0.25, 0.3) is 0 Å². The van der Waals surface area contributed by atoms with Gasteiger partial charge in [0.15, 0.2) is 0 Å². The van der Waals surface area contributed by atoms with E-state index in [1.165, 1.54) is 5.41 Å². The molecule has 112 valence electrons. The van der Waals surface area contributed by atoms with Crippen LogP contribution in [0, 0.1) is 12.3 Å². The molecule has 0 unspecified atom stereocenters. The molecule has 0 heterocycles. The zero-order chi connectivity index (χ0) is 15.2. The van der Waals surface area contributed by atoms with Gasteiger partial charge in [-0.15, -0.1) is 0 Å². The molecule has 4 nitrogen and oxygen atoms in total. The summed E-state index contributed by atoms with van der Waals surface area (Å²) in [6.07, 6.45) is 2.12. The van der Waals surface area contributed by atoms with Crippen molar-refractivity contribution in [3.05, 3.63) is 40.8 Å². The number of sulfonamides is 1. The summed E-state index contributed by atoms with van der Waals surface area (Å²) < 4.78 is 26.3. The van der Waals surface area contributed by atoms with Gasteiger partial charge in [0.05, 0.1) is 0 Å². The van der Waals surface area contributed by atoms with E-state index >= 15 is 0 Å². The normalized spacial score (nSPS) is 13.0. The van der Waals surface area contributed by atoms with E-state index in [1.807, 2.05) is 45.0 Å². The lowest BCUT2D eigenvalue weighted by molar-refractivity contribution is 0.213. The number of aliphatic hydroxyl groups is 1. The van der Waals surface area contributed by atoms with E-state index in [1.54, 1.807) is 6.08 Å². The molecule has 0 fully saturated rings. The quantitative estimate of drug-likeness (QED) is 0.811. The molecule has 1 aromatic rings. The molecule has 0 atom stereocenters. The third-order valence-electron chi connectivity index (χ3n) is 3.06. The maximum atomic E-state index is 11.9. The van der Waals surface area contributed by atoms with Crippen LogP contribution in [0.4, 0.5) is 0 Å². The van der Waals surface area contributed by atoms with Gasteiger partial charge >= 0.3 is 0 Å². The van der Waals surface area contributed by atoms with E-state index in [0.29, 0.717) is 13.0 Å². The maximum absolute atomic E-state index is 11.9. The first-order valence-electron chi connectivity index (χ1n) is 6.59. The summed E-state index contributed by atoms with van der Waals surface area (Å²) in [6, 6.07) is 7.61. The van der Waals surface area contributed by atoms with E-state index in [2.05, 4.69) is 4.72 Å². The summed E-state index contributed by atoms with van der Waals surface area (Å²) in [4.78, 5) is 0. The minimum Gasteiger partial charge on any atom is -0.396 e. The summed E-state index contributed by atoms with van der Waals surface area (Å²) >= 11 is 0. The number of aliphatic hydroxyl groups excluding tert-OH is 1. The van der Waals surface area contributed by atoms with Gasteiger partial charge in [0, 0.05) is 18.6 Å². The highest BCUT2D eigenvalue weighted by molar-refractivity contribution is 7.92. The van der Waals surface area contributed by atoms with Crippen LogP contribution in [-0.2, 0) is 10.0 Å². The molecule has 0 spiro atoms. The predicted molar refractivity (Wildman–Crippen MR) is 82.6 cm³/mol. The molecule has 1 rings (SSSR count). The van der Waals surface area contributed by atoms with Gasteiger partial charge in [-0.05, 0) is 30.4 Å². The molecule has 0 saturated carbocycles. The summed E-state index contributed by atoms with van der Waals surface area (Å²) in [5.74, 6) is 0. The summed E-state index contributed by atoms with van der Waals surface area (Å²) in [7, 11) is -3.45. The number of rotatable bonds is 7. The standard InChI is InChI=1S/C15H23NO3S/c1-13-4-6-14(7-5-13)8-11-20(18,19)16-12-15(2,3)9-10-17/h4-8,11,16-17H,9-10,12H2,1-3H3/b11-8+. The Hall–Kier alpha value is -1.17. The summed E-state index contributed by atoms with van der Waals surface area (Å²) in [5.41, 5.74) is 1.71. The molecule has 0 saturated heterocycles. The van der Waals surface area contributed by atoms with Gasteiger partial charge < -0.3 is 5.11 Å². The van der Waals surface area contributed by atoms with Gasteiger partial charge in [-0.25, -0.2) is 13.1 Å². The molecule has 5 heteroatoms. The van der Waals surface area contributed by atoms with Crippen molar-refractivity contribution in [3.63, 3.8) is 0 Å². The maximum Gasteiger partial charge on any atom is 0.233 e. The van der Waals surface area contributed by atoms with Crippen LogP contribution in [-0.4, -0.2) is 26.7 Å². The van der Waals surface area contributed by atoms with Gasteiger partial charge in [-0.3, -0.25) is 0 Å². The van der Waals surface area contributed by atoms with Crippen LogP contribution in [0.1, 0.15) is 31.4 Å². The molecule has 0 amide bonds. The topological polar surface area (TPSA) is 66.4 Å². The Kier molecular flexibility index (Phi) is 5.92. The van der Waals surface area contributed by atoms with Crippen molar-refractivity contribution in [1.82, 2.24) is 4.72 Å². The number of aryl methyl sites for hydroxylation is 1. The Morgan fingerprint density at radius 2 is 1.85 bits per heavy atom. The predicted octanol–water partition coefficient (Wildman–Crippen LogP) is 2.29. The minimum atomic E-state index is -3.45. The van der Waals surface area contributed by atoms with Crippen molar-refractivity contribution in [3.8, 4) is 0 Å². The fourth-order valence-corrected chi connectivity index (χ4v) is 2.61. The smallest absolute Gasteiger partial charge is 0.233 e. The first-order valence-corrected chi connectivity index (χ1v) is 8.14. The zero-order valence-electron chi connectivity index (χ0n) is 12.3. The van der Waals surface area contributed by atoms with Crippen LogP contribution < -0.4 is 4.72 Å². The molecule has 1 aromatic carbocycles. The molecule has 0 bridgehead atoms. The van der Waals surface area contributed by atoms with Crippen LogP contribution in [0.25, 0.3) is 6.08 Å². The van der Waals surface area contributed by atoms with Crippen LogP contribution in [0.3, 0.4) is 0 Å². The van der Waals surface area contributed by atoms with Crippen molar-refractivity contribution in [2.75, 3.05) is 13.2 Å². The molecule has 0 aliphatic heterocycles. The molecular weight excluding hydrogens is 274 g/mol. The third-order valence-corrected chi connectivity index (χ3v) is 4.10. The average molecular weight is 297 g/mol.